The second-order valence-electron chi connectivity index (χ2n) is 9.62. The molecule has 4 N–H and O–H groups in total. The number of nitrogens with one attached hydrogen (secondary N) is 2. The molecule has 3 aromatic rings. The van der Waals surface area contributed by atoms with Crippen LogP contribution < -0.4 is 10.6 Å². The van der Waals surface area contributed by atoms with Gasteiger partial charge in [-0.1, -0.05) is 29.8 Å². The first-order valence-electron chi connectivity index (χ1n) is 11.7. The molecule has 8 nitrogen and oxygen atoms in total. The Bertz CT molecular complexity index is 1480. The van der Waals surface area contributed by atoms with E-state index in [-0.39, 0.29) is 24.5 Å². The van der Waals surface area contributed by atoms with Crippen molar-refractivity contribution in [2.24, 2.45) is 11.8 Å². The average Bonchev–Trinajstić information content (AvgIpc) is 3.43. The highest BCUT2D eigenvalue weighted by Gasteiger charge is 2.70. The number of nitrogens with zero attached hydrogens (tertiary/aromatic N) is 1. The Hall–Kier alpha value is -3.95. The first kappa shape index (κ1) is 23.4. The Morgan fingerprint density at radius 3 is 2.38 bits per heavy atom. The number of phenols is 2. The van der Waals surface area contributed by atoms with Gasteiger partial charge in [-0.2, -0.15) is 0 Å². The fourth-order valence-electron chi connectivity index (χ4n) is 5.89. The molecule has 3 heterocycles. The molecule has 2 fully saturated rings. The second kappa shape index (κ2) is 8.29. The quantitative estimate of drug-likeness (QED) is 0.309. The second-order valence-corrected chi connectivity index (χ2v) is 10.1. The molecule has 37 heavy (non-hydrogen) atoms. The molecule has 1 spiro atoms. The summed E-state index contributed by atoms with van der Waals surface area (Å²) in [6.45, 7) is -0.0578. The van der Waals surface area contributed by atoms with Crippen molar-refractivity contribution in [1.82, 2.24) is 10.2 Å². The number of amides is 3. The van der Waals surface area contributed by atoms with Crippen LogP contribution in [0.2, 0.25) is 5.02 Å². The van der Waals surface area contributed by atoms with Gasteiger partial charge >= 0.3 is 0 Å². The number of anilines is 1. The molecule has 0 radical (unpaired) electrons. The predicted molar refractivity (Wildman–Crippen MR) is 131 cm³/mol. The molecule has 0 bridgehead atoms. The Balaban J connectivity index is 1.44. The fourth-order valence-corrected chi connectivity index (χ4v) is 6.06. The number of phenolic OH excluding ortho intramolecular Hbond substituents is 2. The normalized spacial score (nSPS) is 26.1. The van der Waals surface area contributed by atoms with Crippen LogP contribution in [0.25, 0.3) is 0 Å². The van der Waals surface area contributed by atoms with E-state index >= 15 is 0 Å². The summed E-state index contributed by atoms with van der Waals surface area (Å²) in [5, 5.41) is 26.2. The largest absolute Gasteiger partial charge is 0.504 e. The summed E-state index contributed by atoms with van der Waals surface area (Å²) in [6.07, 6.45) is 0.198. The van der Waals surface area contributed by atoms with Crippen molar-refractivity contribution in [1.29, 1.82) is 0 Å². The van der Waals surface area contributed by atoms with Gasteiger partial charge in [0.1, 0.15) is 11.4 Å². The summed E-state index contributed by atoms with van der Waals surface area (Å²) in [6, 6.07) is 14.1. The van der Waals surface area contributed by atoms with Crippen molar-refractivity contribution < 1.29 is 29.0 Å². The molecule has 3 amide bonds. The smallest absolute Gasteiger partial charge is 0.250 e. The summed E-state index contributed by atoms with van der Waals surface area (Å²) >= 11 is 6.28. The molecule has 6 rings (SSSR count). The monoisotopic (exact) mass is 521 g/mol. The van der Waals surface area contributed by atoms with E-state index in [1.165, 1.54) is 36.4 Å². The van der Waals surface area contributed by atoms with Crippen LogP contribution in [0, 0.1) is 17.7 Å². The minimum Gasteiger partial charge on any atom is -0.504 e. The van der Waals surface area contributed by atoms with Crippen molar-refractivity contribution in [3.05, 3.63) is 88.2 Å². The summed E-state index contributed by atoms with van der Waals surface area (Å²) < 4.78 is 13.4. The van der Waals surface area contributed by atoms with Crippen molar-refractivity contribution in [3.8, 4) is 11.5 Å². The lowest BCUT2D eigenvalue weighted by atomic mass is 9.76. The Morgan fingerprint density at radius 2 is 1.65 bits per heavy atom. The number of hydrogen-bond donors (Lipinski definition) is 4. The molecule has 0 aromatic heterocycles. The van der Waals surface area contributed by atoms with Crippen LogP contribution in [-0.2, 0) is 32.9 Å². The van der Waals surface area contributed by atoms with E-state index in [2.05, 4.69) is 10.6 Å². The molecule has 0 aliphatic carbocycles. The third kappa shape index (κ3) is 3.49. The maximum Gasteiger partial charge on any atom is 0.250 e. The summed E-state index contributed by atoms with van der Waals surface area (Å²) in [7, 11) is 0. The topological polar surface area (TPSA) is 119 Å². The van der Waals surface area contributed by atoms with Crippen LogP contribution in [0.15, 0.2) is 60.7 Å². The maximum absolute atomic E-state index is 13.9. The number of carbonyl (C=O) groups excluding carboxylic acids is 3. The number of aromatic hydroxyl groups is 2. The van der Waals surface area contributed by atoms with Gasteiger partial charge in [0.25, 0.3) is 0 Å². The highest BCUT2D eigenvalue weighted by atomic mass is 35.5. The molecule has 3 aliphatic rings. The zero-order chi connectivity index (χ0) is 26.1. The first-order chi connectivity index (χ1) is 17.7. The van der Waals surface area contributed by atoms with Crippen molar-refractivity contribution in [3.63, 3.8) is 0 Å². The van der Waals surface area contributed by atoms with Crippen LogP contribution in [-0.4, -0.2) is 38.9 Å². The Kier molecular flexibility index (Phi) is 5.25. The first-order valence-corrected chi connectivity index (χ1v) is 12.1. The zero-order valence-corrected chi connectivity index (χ0v) is 20.0. The van der Waals surface area contributed by atoms with Crippen LogP contribution in [0.3, 0.4) is 0 Å². The van der Waals surface area contributed by atoms with Crippen molar-refractivity contribution in [2.45, 2.75) is 24.5 Å². The third-order valence-electron chi connectivity index (χ3n) is 7.52. The van der Waals surface area contributed by atoms with E-state index in [1.54, 1.807) is 24.3 Å². The maximum atomic E-state index is 13.9. The molecule has 2 saturated heterocycles. The molecular weight excluding hydrogens is 501 g/mol. The molecule has 0 saturated carbocycles. The molecule has 10 heteroatoms. The number of halogens is 2. The van der Waals surface area contributed by atoms with E-state index in [1.807, 2.05) is 0 Å². The number of rotatable bonds is 4. The van der Waals surface area contributed by atoms with Gasteiger partial charge < -0.3 is 15.5 Å². The third-order valence-corrected chi connectivity index (χ3v) is 7.75. The van der Waals surface area contributed by atoms with Crippen LogP contribution in [0.4, 0.5) is 10.1 Å². The van der Waals surface area contributed by atoms with Gasteiger partial charge in [0.15, 0.2) is 11.5 Å². The highest BCUT2D eigenvalue weighted by molar-refractivity contribution is 6.31. The van der Waals surface area contributed by atoms with Gasteiger partial charge in [-0.05, 0) is 60.0 Å². The average molecular weight is 522 g/mol. The van der Waals surface area contributed by atoms with Gasteiger partial charge in [-0.3, -0.25) is 24.6 Å². The minimum atomic E-state index is -1.53. The van der Waals surface area contributed by atoms with Crippen molar-refractivity contribution in [2.75, 3.05) is 5.32 Å². The van der Waals surface area contributed by atoms with Gasteiger partial charge in [-0.25, -0.2) is 4.39 Å². The standard InChI is InChI=1S/C27H21ClFN3O5/c28-15-4-7-18-17(11-15)27(26(37)30-18)23-22(19(31-27)9-14-3-8-20(33)21(34)10-14)24(35)32(25(23)36)12-13-1-5-16(29)6-2-13/h1-8,10-11,19,22-23,31,33-34H,9,12H2,(H,30,37)/t19?,22-,23+,27?/m0/s1. The molecule has 4 atom stereocenters. The molecule has 188 valence electrons. The number of likely N-dealkylation sites (tertiary alicyclic amines) is 1. The van der Waals surface area contributed by atoms with Crippen LogP contribution in [0.1, 0.15) is 16.7 Å². The van der Waals surface area contributed by atoms with E-state index < -0.39 is 47.0 Å². The van der Waals surface area contributed by atoms with Gasteiger partial charge in [0, 0.05) is 22.3 Å². The Morgan fingerprint density at radius 1 is 0.919 bits per heavy atom. The van der Waals surface area contributed by atoms with Gasteiger partial charge in [0.05, 0.1) is 18.4 Å². The Labute approximate surface area is 215 Å². The number of fused-ring (bicyclic) bond motifs is 4. The lowest BCUT2D eigenvalue weighted by Gasteiger charge is -2.29. The SMILES string of the molecule is O=C1[C@H]2C(Cc3ccc(O)c(O)c3)NC3(C(=O)Nc4ccc(Cl)cc43)[C@H]2C(=O)N1Cc1ccc(F)cc1. The molecular formula is C27H21ClFN3O5. The lowest BCUT2D eigenvalue weighted by molar-refractivity contribution is -0.143. The summed E-state index contributed by atoms with van der Waals surface area (Å²) in [5.74, 6) is -4.38. The number of carbonyl (C=O) groups is 3. The van der Waals surface area contributed by atoms with Gasteiger partial charge in [0.2, 0.25) is 17.7 Å². The molecule has 3 aliphatic heterocycles. The minimum absolute atomic E-state index is 0.0578. The summed E-state index contributed by atoms with van der Waals surface area (Å²) in [4.78, 5) is 42.3. The molecule has 2 unspecified atom stereocenters. The number of imide groups is 1. The fraction of sp³-hybridized carbons (Fsp3) is 0.222. The van der Waals surface area contributed by atoms with Crippen LogP contribution >= 0.6 is 11.6 Å². The number of benzene rings is 3. The van der Waals surface area contributed by atoms with E-state index in [0.717, 1.165) is 4.90 Å². The van der Waals surface area contributed by atoms with Crippen LogP contribution in [0.5, 0.6) is 11.5 Å². The van der Waals surface area contributed by atoms with E-state index in [0.29, 0.717) is 27.4 Å². The van der Waals surface area contributed by atoms with Gasteiger partial charge in [-0.15, -0.1) is 0 Å². The predicted octanol–water partition coefficient (Wildman–Crippen LogP) is 3.05. The number of hydrogen-bond acceptors (Lipinski definition) is 6. The van der Waals surface area contributed by atoms with Crippen molar-refractivity contribution >= 4 is 35.0 Å². The molecule has 3 aromatic carbocycles. The summed E-state index contributed by atoms with van der Waals surface area (Å²) in [5.41, 5.74) is 0.635. The van der Waals surface area contributed by atoms with E-state index in [9.17, 15) is 29.0 Å². The zero-order valence-electron chi connectivity index (χ0n) is 19.2. The van der Waals surface area contributed by atoms with E-state index in [4.69, 9.17) is 11.6 Å². The highest BCUT2D eigenvalue weighted by Crippen LogP contribution is 2.54. The lowest BCUT2D eigenvalue weighted by Crippen LogP contribution is -2.53.